The molecule has 0 aliphatic carbocycles. The highest BCUT2D eigenvalue weighted by molar-refractivity contribution is 5.63. The van der Waals surface area contributed by atoms with Gasteiger partial charge in [-0.2, -0.15) is 0 Å². The zero-order valence-electron chi connectivity index (χ0n) is 11.7. The lowest BCUT2D eigenvalue weighted by Gasteiger charge is -2.28. The molecule has 2 N–H and O–H groups in total. The summed E-state index contributed by atoms with van der Waals surface area (Å²) in [4.78, 5) is 0. The number of ether oxygens (including phenoxy) is 1. The first-order chi connectivity index (χ1) is 9.84. The molecule has 2 aromatic carbocycles. The Morgan fingerprint density at radius 2 is 1.60 bits per heavy atom. The molecule has 1 aliphatic rings. The minimum Gasteiger partial charge on any atom is -0.376 e. The van der Waals surface area contributed by atoms with Gasteiger partial charge in [0.25, 0.3) is 0 Å². The summed E-state index contributed by atoms with van der Waals surface area (Å²) in [5.74, 6) is 0. The Morgan fingerprint density at radius 3 is 2.25 bits per heavy atom. The third kappa shape index (κ3) is 2.92. The zero-order chi connectivity index (χ0) is 13.8. The van der Waals surface area contributed by atoms with Crippen LogP contribution in [-0.2, 0) is 4.74 Å². The Kier molecular flexibility index (Phi) is 4.14. The zero-order valence-corrected chi connectivity index (χ0v) is 11.7. The summed E-state index contributed by atoms with van der Waals surface area (Å²) in [5, 5.41) is 0. The van der Waals surface area contributed by atoms with E-state index in [4.69, 9.17) is 10.5 Å². The van der Waals surface area contributed by atoms with Crippen LogP contribution in [0.4, 0.5) is 0 Å². The minimum atomic E-state index is -0.0138. The van der Waals surface area contributed by atoms with Gasteiger partial charge in [0.15, 0.2) is 0 Å². The minimum absolute atomic E-state index is 0.0138. The molecule has 2 aromatic rings. The van der Waals surface area contributed by atoms with Crippen LogP contribution in [0.2, 0.25) is 0 Å². The smallest absolute Gasteiger partial charge is 0.0767 e. The molecule has 2 atom stereocenters. The molecule has 0 radical (unpaired) electrons. The fraction of sp³-hybridized carbons (Fsp3) is 0.333. The van der Waals surface area contributed by atoms with Gasteiger partial charge < -0.3 is 10.5 Å². The van der Waals surface area contributed by atoms with Crippen LogP contribution in [0.25, 0.3) is 11.1 Å². The van der Waals surface area contributed by atoms with Crippen molar-refractivity contribution in [3.8, 4) is 11.1 Å². The van der Waals surface area contributed by atoms with Crippen LogP contribution >= 0.6 is 0 Å². The summed E-state index contributed by atoms with van der Waals surface area (Å²) < 4.78 is 5.78. The van der Waals surface area contributed by atoms with E-state index in [-0.39, 0.29) is 12.1 Å². The van der Waals surface area contributed by atoms with Crippen LogP contribution in [0, 0.1) is 0 Å². The Morgan fingerprint density at radius 1 is 0.900 bits per heavy atom. The van der Waals surface area contributed by atoms with E-state index in [1.807, 2.05) is 6.07 Å². The number of hydrogen-bond acceptors (Lipinski definition) is 2. The Hall–Kier alpha value is -1.64. The molecule has 0 spiro atoms. The van der Waals surface area contributed by atoms with Gasteiger partial charge in [0.2, 0.25) is 0 Å². The van der Waals surface area contributed by atoms with E-state index < -0.39 is 0 Å². The van der Waals surface area contributed by atoms with Gasteiger partial charge in [-0.3, -0.25) is 0 Å². The topological polar surface area (TPSA) is 35.2 Å². The van der Waals surface area contributed by atoms with Crippen molar-refractivity contribution in [1.82, 2.24) is 0 Å². The molecule has 1 saturated heterocycles. The number of benzene rings is 2. The number of rotatable bonds is 3. The van der Waals surface area contributed by atoms with Gasteiger partial charge in [-0.05, 0) is 36.0 Å². The second-order valence-electron chi connectivity index (χ2n) is 5.42. The van der Waals surface area contributed by atoms with Crippen molar-refractivity contribution in [3.63, 3.8) is 0 Å². The predicted molar refractivity (Wildman–Crippen MR) is 82.4 cm³/mol. The van der Waals surface area contributed by atoms with E-state index in [1.165, 1.54) is 17.5 Å². The monoisotopic (exact) mass is 267 g/mol. The summed E-state index contributed by atoms with van der Waals surface area (Å²) in [6.07, 6.45) is 3.63. The van der Waals surface area contributed by atoms with Gasteiger partial charge in [0, 0.05) is 6.61 Å². The van der Waals surface area contributed by atoms with E-state index in [2.05, 4.69) is 48.5 Å². The first-order valence-electron chi connectivity index (χ1n) is 7.37. The molecule has 104 valence electrons. The van der Waals surface area contributed by atoms with Crippen molar-refractivity contribution in [2.24, 2.45) is 5.73 Å². The standard InChI is InChI=1S/C18H21NO/c19-18(17-8-4-5-13-20-17)16-11-9-15(10-12-16)14-6-2-1-3-7-14/h1-3,6-7,9-12,17-18H,4-5,8,13,19H2. The van der Waals surface area contributed by atoms with Crippen molar-refractivity contribution < 1.29 is 4.74 Å². The lowest BCUT2D eigenvalue weighted by Crippen LogP contribution is -2.31. The maximum atomic E-state index is 6.33. The third-order valence-electron chi connectivity index (χ3n) is 4.02. The highest BCUT2D eigenvalue weighted by Gasteiger charge is 2.22. The summed E-state index contributed by atoms with van der Waals surface area (Å²) in [7, 11) is 0. The lowest BCUT2D eigenvalue weighted by atomic mass is 9.95. The highest BCUT2D eigenvalue weighted by Crippen LogP contribution is 2.26. The van der Waals surface area contributed by atoms with Crippen LogP contribution in [0.3, 0.4) is 0 Å². The number of nitrogens with two attached hydrogens (primary N) is 1. The molecule has 0 bridgehead atoms. The Labute approximate surface area is 120 Å². The molecule has 0 aromatic heterocycles. The van der Waals surface area contributed by atoms with E-state index in [0.717, 1.165) is 25.0 Å². The molecule has 1 heterocycles. The average Bonchev–Trinajstić information content (AvgIpc) is 2.56. The Bertz CT molecular complexity index is 529. The van der Waals surface area contributed by atoms with Gasteiger partial charge >= 0.3 is 0 Å². The highest BCUT2D eigenvalue weighted by atomic mass is 16.5. The molecule has 3 rings (SSSR count). The molecule has 1 fully saturated rings. The molecular weight excluding hydrogens is 246 g/mol. The molecular formula is C18H21NO. The van der Waals surface area contributed by atoms with Crippen molar-refractivity contribution in [2.45, 2.75) is 31.4 Å². The lowest BCUT2D eigenvalue weighted by molar-refractivity contribution is 0.0000156. The quantitative estimate of drug-likeness (QED) is 0.914. The summed E-state index contributed by atoms with van der Waals surface area (Å²) in [5.41, 5.74) is 9.96. The van der Waals surface area contributed by atoms with Gasteiger partial charge in [-0.15, -0.1) is 0 Å². The van der Waals surface area contributed by atoms with Gasteiger partial charge in [-0.25, -0.2) is 0 Å². The summed E-state index contributed by atoms with van der Waals surface area (Å²) in [6, 6.07) is 18.9. The fourth-order valence-electron chi connectivity index (χ4n) is 2.79. The van der Waals surface area contributed by atoms with Crippen molar-refractivity contribution in [1.29, 1.82) is 0 Å². The van der Waals surface area contributed by atoms with Crippen molar-refractivity contribution in [3.05, 3.63) is 60.2 Å². The molecule has 0 amide bonds. The fourth-order valence-corrected chi connectivity index (χ4v) is 2.79. The van der Waals surface area contributed by atoms with E-state index in [9.17, 15) is 0 Å². The maximum Gasteiger partial charge on any atom is 0.0767 e. The van der Waals surface area contributed by atoms with Crippen LogP contribution in [0.15, 0.2) is 54.6 Å². The summed E-state index contributed by atoms with van der Waals surface area (Å²) in [6.45, 7) is 0.848. The molecule has 0 saturated carbocycles. The van der Waals surface area contributed by atoms with Gasteiger partial charge in [0.05, 0.1) is 12.1 Å². The van der Waals surface area contributed by atoms with Gasteiger partial charge in [0.1, 0.15) is 0 Å². The first-order valence-corrected chi connectivity index (χ1v) is 7.37. The van der Waals surface area contributed by atoms with Gasteiger partial charge in [-0.1, -0.05) is 54.6 Å². The SMILES string of the molecule is NC(c1ccc(-c2ccccc2)cc1)C1CCCCO1. The van der Waals surface area contributed by atoms with Crippen LogP contribution < -0.4 is 5.73 Å². The Balaban J connectivity index is 1.75. The van der Waals surface area contributed by atoms with Crippen molar-refractivity contribution in [2.75, 3.05) is 6.61 Å². The average molecular weight is 267 g/mol. The maximum absolute atomic E-state index is 6.33. The first kappa shape index (κ1) is 13.3. The molecule has 20 heavy (non-hydrogen) atoms. The second kappa shape index (κ2) is 6.21. The largest absolute Gasteiger partial charge is 0.376 e. The van der Waals surface area contributed by atoms with E-state index >= 15 is 0 Å². The van der Waals surface area contributed by atoms with Crippen LogP contribution in [0.1, 0.15) is 30.9 Å². The van der Waals surface area contributed by atoms with Crippen LogP contribution in [0.5, 0.6) is 0 Å². The van der Waals surface area contributed by atoms with E-state index in [1.54, 1.807) is 0 Å². The third-order valence-corrected chi connectivity index (χ3v) is 4.02. The van der Waals surface area contributed by atoms with Crippen LogP contribution in [-0.4, -0.2) is 12.7 Å². The van der Waals surface area contributed by atoms with Crippen molar-refractivity contribution >= 4 is 0 Å². The molecule has 2 heteroatoms. The van der Waals surface area contributed by atoms with E-state index in [0.29, 0.717) is 0 Å². The molecule has 2 unspecified atom stereocenters. The predicted octanol–water partition coefficient (Wildman–Crippen LogP) is 3.92. The number of hydrogen-bond donors (Lipinski definition) is 1. The normalized spacial score (nSPS) is 20.6. The second-order valence-corrected chi connectivity index (χ2v) is 5.42. The summed E-state index contributed by atoms with van der Waals surface area (Å²) >= 11 is 0. The molecule has 1 aliphatic heterocycles. The molecule has 2 nitrogen and oxygen atoms in total.